The lowest BCUT2D eigenvalue weighted by atomic mass is 9.48. The summed E-state index contributed by atoms with van der Waals surface area (Å²) in [7, 11) is 2.19. The van der Waals surface area contributed by atoms with E-state index in [1.807, 2.05) is 12.1 Å². The summed E-state index contributed by atoms with van der Waals surface area (Å²) in [5, 5.41) is 22.3. The highest BCUT2D eigenvalue weighted by Gasteiger charge is 2.76. The molecule has 1 saturated carbocycles. The van der Waals surface area contributed by atoms with Crippen LogP contribution in [0.25, 0.3) is 0 Å². The van der Waals surface area contributed by atoms with E-state index in [9.17, 15) is 15.0 Å². The fourth-order valence-electron chi connectivity index (χ4n) is 6.34. The van der Waals surface area contributed by atoms with E-state index in [2.05, 4.69) is 13.6 Å². The molecule has 4 aliphatic rings. The first-order valence-corrected chi connectivity index (χ1v) is 9.09. The number of piperidine rings is 1. The molecular formula is C20H24NO4+. The van der Waals surface area contributed by atoms with Crippen molar-refractivity contribution in [3.8, 4) is 11.5 Å². The van der Waals surface area contributed by atoms with Gasteiger partial charge in [0.1, 0.15) is 11.6 Å². The molecule has 0 amide bonds. The van der Waals surface area contributed by atoms with Crippen molar-refractivity contribution in [2.24, 2.45) is 0 Å². The Morgan fingerprint density at radius 2 is 2.24 bits per heavy atom. The average molecular weight is 342 g/mol. The van der Waals surface area contributed by atoms with Crippen molar-refractivity contribution in [2.75, 3.05) is 20.1 Å². The Hall–Kier alpha value is -1.85. The molecule has 5 nitrogen and oxygen atoms in total. The maximum absolute atomic E-state index is 12.7. The predicted molar refractivity (Wildman–Crippen MR) is 91.6 cm³/mol. The number of carbonyl (C=O) groups is 1. The number of benzene rings is 1. The summed E-state index contributed by atoms with van der Waals surface area (Å²) >= 11 is 0. The molecule has 2 N–H and O–H groups in total. The maximum Gasteiger partial charge on any atom is 0.174 e. The fourth-order valence-corrected chi connectivity index (χ4v) is 6.34. The molecule has 1 spiro atoms. The summed E-state index contributed by atoms with van der Waals surface area (Å²) < 4.78 is 6.76. The van der Waals surface area contributed by atoms with Gasteiger partial charge in [0.25, 0.3) is 0 Å². The van der Waals surface area contributed by atoms with E-state index in [-0.39, 0.29) is 17.6 Å². The number of likely N-dealkylation sites (N-methyl/N-ethyl adjacent to an activating group) is 1. The van der Waals surface area contributed by atoms with Crippen LogP contribution in [0.1, 0.15) is 30.4 Å². The molecule has 5 atom stereocenters. The van der Waals surface area contributed by atoms with Gasteiger partial charge < -0.3 is 19.4 Å². The Bertz CT molecular complexity index is 820. The predicted octanol–water partition coefficient (Wildman–Crippen LogP) is 1.45. The topological polar surface area (TPSA) is 66.8 Å². The highest BCUT2D eigenvalue weighted by atomic mass is 16.5. The summed E-state index contributed by atoms with van der Waals surface area (Å²) in [6, 6.07) is 3.60. The van der Waals surface area contributed by atoms with Crippen molar-refractivity contribution in [3.05, 3.63) is 35.9 Å². The van der Waals surface area contributed by atoms with E-state index < -0.39 is 17.1 Å². The Labute approximate surface area is 147 Å². The minimum Gasteiger partial charge on any atom is -0.504 e. The number of hydrogen-bond acceptors (Lipinski definition) is 4. The fraction of sp³-hybridized carbons (Fsp3) is 0.550. The highest BCUT2D eigenvalue weighted by Crippen LogP contribution is 2.65. The van der Waals surface area contributed by atoms with Crippen LogP contribution in [0.15, 0.2) is 24.8 Å². The molecule has 3 unspecified atom stereocenters. The van der Waals surface area contributed by atoms with Crippen molar-refractivity contribution in [2.45, 2.75) is 48.8 Å². The first-order chi connectivity index (χ1) is 11.9. The number of phenols is 1. The average Bonchev–Trinajstić information content (AvgIpc) is 2.93. The van der Waals surface area contributed by atoms with Gasteiger partial charge in [0.05, 0.1) is 25.6 Å². The number of aliphatic hydroxyl groups is 1. The Morgan fingerprint density at radius 1 is 1.44 bits per heavy atom. The maximum atomic E-state index is 12.7. The molecule has 5 heteroatoms. The van der Waals surface area contributed by atoms with Gasteiger partial charge in [0.2, 0.25) is 0 Å². The van der Waals surface area contributed by atoms with Gasteiger partial charge >= 0.3 is 0 Å². The van der Waals surface area contributed by atoms with Gasteiger partial charge in [0.15, 0.2) is 23.4 Å². The summed E-state index contributed by atoms with van der Waals surface area (Å²) in [6.45, 7) is 5.57. The number of quaternary nitrogens is 1. The zero-order valence-corrected chi connectivity index (χ0v) is 14.5. The number of phenolic OH excluding ortho intramolecular Hbond substituents is 1. The summed E-state index contributed by atoms with van der Waals surface area (Å²) in [5.41, 5.74) is 0.295. The first-order valence-electron chi connectivity index (χ1n) is 9.09. The SMILES string of the molecule is C=CC[N+]1(C)CCC23c4c5ccc(O)c4O[C@H]2C(=O)CC[C@@]3(O)C1C5. The lowest BCUT2D eigenvalue weighted by Gasteiger charge is -2.64. The normalized spacial score (nSPS) is 43.4. The highest BCUT2D eigenvalue weighted by molar-refractivity contribution is 5.90. The molecule has 1 saturated heterocycles. The Balaban J connectivity index is 1.82. The van der Waals surface area contributed by atoms with E-state index >= 15 is 0 Å². The zero-order chi connectivity index (χ0) is 17.6. The van der Waals surface area contributed by atoms with Crippen LogP contribution < -0.4 is 4.74 Å². The minimum atomic E-state index is -0.992. The van der Waals surface area contributed by atoms with Crippen molar-refractivity contribution < 1.29 is 24.2 Å². The van der Waals surface area contributed by atoms with Crippen molar-refractivity contribution in [1.82, 2.24) is 0 Å². The first kappa shape index (κ1) is 15.4. The molecule has 2 aliphatic heterocycles. The van der Waals surface area contributed by atoms with Crippen LogP contribution in [-0.2, 0) is 16.6 Å². The number of rotatable bonds is 2. The van der Waals surface area contributed by atoms with Crippen LogP contribution in [-0.4, -0.2) is 58.4 Å². The number of ether oxygens (including phenoxy) is 1. The van der Waals surface area contributed by atoms with Crippen LogP contribution in [0.3, 0.4) is 0 Å². The van der Waals surface area contributed by atoms with Crippen molar-refractivity contribution in [1.29, 1.82) is 0 Å². The summed E-state index contributed by atoms with van der Waals surface area (Å²) in [5.74, 6) is 0.547. The standard InChI is InChI=1S/C20H23NO4/c1-3-9-21(2)10-8-19-16-12-4-5-13(22)17(16)25-18(19)14(23)6-7-20(19,24)15(21)11-12/h3-5,15,18,24H,1,6-11H2,2H3/p+1/t15?,18-,19?,20+,21?/m0/s1. The molecule has 2 heterocycles. The van der Waals surface area contributed by atoms with Gasteiger partial charge in [-0.25, -0.2) is 0 Å². The molecule has 2 bridgehead atoms. The third-order valence-corrected chi connectivity index (χ3v) is 7.45. The molecular weight excluding hydrogens is 318 g/mol. The monoisotopic (exact) mass is 342 g/mol. The van der Waals surface area contributed by atoms with Gasteiger partial charge in [-0.05, 0) is 24.1 Å². The van der Waals surface area contributed by atoms with Crippen LogP contribution in [0.4, 0.5) is 0 Å². The number of carbonyl (C=O) groups excluding carboxylic acids is 1. The van der Waals surface area contributed by atoms with Gasteiger partial charge in [-0.2, -0.15) is 0 Å². The molecule has 0 radical (unpaired) electrons. The van der Waals surface area contributed by atoms with Crippen LogP contribution >= 0.6 is 0 Å². The van der Waals surface area contributed by atoms with Crippen LogP contribution in [0.2, 0.25) is 0 Å². The van der Waals surface area contributed by atoms with Crippen LogP contribution in [0, 0.1) is 0 Å². The lowest BCUT2D eigenvalue weighted by Crippen LogP contribution is -2.80. The Kier molecular flexibility index (Phi) is 2.75. The quantitative estimate of drug-likeness (QED) is 0.631. The summed E-state index contributed by atoms with van der Waals surface area (Å²) in [4.78, 5) is 12.7. The van der Waals surface area contributed by atoms with Crippen molar-refractivity contribution >= 4 is 5.78 Å². The van der Waals surface area contributed by atoms with Gasteiger partial charge in [0, 0.05) is 24.8 Å². The minimum absolute atomic E-state index is 0.00134. The number of aromatic hydroxyl groups is 1. The molecule has 0 aromatic heterocycles. The number of likely N-dealkylation sites (tertiary alicyclic amines) is 1. The third kappa shape index (κ3) is 1.51. The van der Waals surface area contributed by atoms with E-state index in [0.717, 1.165) is 35.1 Å². The molecule has 2 aliphatic carbocycles. The van der Waals surface area contributed by atoms with Crippen LogP contribution in [0.5, 0.6) is 11.5 Å². The van der Waals surface area contributed by atoms with Gasteiger partial charge in [-0.1, -0.05) is 12.6 Å². The molecule has 132 valence electrons. The smallest absolute Gasteiger partial charge is 0.174 e. The molecule has 1 aromatic rings. The number of Topliss-reactive ketones (excluding diaryl/α,β-unsaturated/α-hetero) is 1. The van der Waals surface area contributed by atoms with Crippen molar-refractivity contribution in [3.63, 3.8) is 0 Å². The molecule has 2 fully saturated rings. The van der Waals surface area contributed by atoms with Gasteiger partial charge in [-0.15, -0.1) is 0 Å². The van der Waals surface area contributed by atoms with E-state index in [4.69, 9.17) is 4.74 Å². The number of nitrogens with zero attached hydrogens (tertiary/aromatic N) is 1. The largest absolute Gasteiger partial charge is 0.504 e. The third-order valence-electron chi connectivity index (χ3n) is 7.45. The lowest BCUT2D eigenvalue weighted by molar-refractivity contribution is -0.944. The second-order valence-corrected chi connectivity index (χ2v) is 8.45. The zero-order valence-electron chi connectivity index (χ0n) is 14.5. The van der Waals surface area contributed by atoms with Gasteiger partial charge in [-0.3, -0.25) is 4.79 Å². The molecule has 5 rings (SSSR count). The summed E-state index contributed by atoms with van der Waals surface area (Å²) in [6.07, 6.45) is 3.47. The van der Waals surface area contributed by atoms with E-state index in [1.165, 1.54) is 0 Å². The second-order valence-electron chi connectivity index (χ2n) is 8.45. The Morgan fingerprint density at radius 3 is 3.00 bits per heavy atom. The van der Waals surface area contributed by atoms with E-state index in [0.29, 0.717) is 25.0 Å². The molecule has 25 heavy (non-hydrogen) atoms. The molecule has 1 aromatic carbocycles. The second kappa shape index (κ2) is 4.46. The number of hydrogen-bond donors (Lipinski definition) is 2. The number of ketones is 1. The van der Waals surface area contributed by atoms with E-state index in [1.54, 1.807) is 6.07 Å².